The molecule has 0 radical (unpaired) electrons. The van der Waals surface area contributed by atoms with Crippen LogP contribution in [0.15, 0.2) is 182 Å². The lowest BCUT2D eigenvalue weighted by Crippen LogP contribution is -2.30. The molecule has 0 fully saturated rings. The number of ether oxygens (including phenoxy) is 2. The maximum atomic E-state index is 6.60. The quantitative estimate of drug-likeness (QED) is 0.0905. The van der Waals surface area contributed by atoms with Gasteiger partial charge in [-0.2, -0.15) is 0 Å². The van der Waals surface area contributed by atoms with Crippen LogP contribution in [0.4, 0.5) is 0 Å². The fraction of sp³-hybridized carbons (Fsp3) is 0.182. The van der Waals surface area contributed by atoms with E-state index >= 15 is 0 Å². The average Bonchev–Trinajstić information content (AvgIpc) is 3.16. The van der Waals surface area contributed by atoms with Crippen molar-refractivity contribution in [2.45, 2.75) is 37.4 Å². The molecular weight excluding hydrogens is 622 g/mol. The zero-order valence-electron chi connectivity index (χ0n) is 27.4. The first kappa shape index (κ1) is 34.0. The maximum absolute atomic E-state index is 6.60. The Bertz CT molecular complexity index is 1510. The second kappa shape index (κ2) is 18.6. The highest BCUT2D eigenvalue weighted by molar-refractivity contribution is 7.74. The van der Waals surface area contributed by atoms with Crippen molar-refractivity contribution < 1.29 is 9.47 Å². The lowest BCUT2D eigenvalue weighted by Gasteiger charge is -2.33. The second-order valence-electron chi connectivity index (χ2n) is 12.0. The molecule has 0 heterocycles. The van der Waals surface area contributed by atoms with Crippen LogP contribution in [0.5, 0.6) is 0 Å². The molecule has 2 atom stereocenters. The van der Waals surface area contributed by atoms with Crippen LogP contribution < -0.4 is 21.2 Å². The van der Waals surface area contributed by atoms with E-state index in [-0.39, 0.29) is 0 Å². The van der Waals surface area contributed by atoms with Gasteiger partial charge < -0.3 is 9.47 Å². The van der Waals surface area contributed by atoms with Gasteiger partial charge in [0.25, 0.3) is 0 Å². The Kier molecular flexibility index (Phi) is 13.2. The largest absolute Gasteiger partial charge is 0.376 e. The second-order valence-corrected chi connectivity index (χ2v) is 17.0. The van der Waals surface area contributed by atoms with Crippen molar-refractivity contribution in [3.63, 3.8) is 0 Å². The Morgan fingerprint density at radius 2 is 0.583 bits per heavy atom. The van der Waals surface area contributed by atoms with Crippen LogP contribution in [0.25, 0.3) is 0 Å². The van der Waals surface area contributed by atoms with Crippen LogP contribution in [0.2, 0.25) is 0 Å². The van der Waals surface area contributed by atoms with Crippen LogP contribution in [-0.4, -0.2) is 24.5 Å². The molecule has 0 amide bonds. The molecular formula is C44H44O2P2. The number of hydrogen-bond acceptors (Lipinski definition) is 2. The zero-order chi connectivity index (χ0) is 32.6. The maximum Gasteiger partial charge on any atom is 0.0717 e. The van der Waals surface area contributed by atoms with E-state index in [9.17, 15) is 0 Å². The molecule has 2 nitrogen and oxygen atoms in total. The van der Waals surface area contributed by atoms with E-state index in [0.717, 1.165) is 12.8 Å². The summed E-state index contributed by atoms with van der Waals surface area (Å²) in [6, 6.07) is 65.5. The molecule has 4 heteroatoms. The number of benzene rings is 6. The molecule has 0 aliphatic heterocycles. The summed E-state index contributed by atoms with van der Waals surface area (Å²) in [6.07, 6.45) is 2.09. The van der Waals surface area contributed by atoms with Gasteiger partial charge >= 0.3 is 0 Å². The Morgan fingerprint density at radius 3 is 0.854 bits per heavy atom. The van der Waals surface area contributed by atoms with Crippen molar-refractivity contribution in [1.29, 1.82) is 0 Å². The fourth-order valence-corrected chi connectivity index (χ4v) is 11.8. The van der Waals surface area contributed by atoms with Gasteiger partial charge in [-0.3, -0.25) is 0 Å². The SMILES string of the molecule is c1ccc(COC[C@@H](CC[C@H](COCc2ccccc2)P(c2ccccc2)c2ccccc2)P(c2ccccc2)c2ccccc2)cc1. The lowest BCUT2D eigenvalue weighted by atomic mass is 10.2. The zero-order valence-corrected chi connectivity index (χ0v) is 29.2. The molecule has 6 aromatic rings. The summed E-state index contributed by atoms with van der Waals surface area (Å²) in [6.45, 7) is 2.65. The summed E-state index contributed by atoms with van der Waals surface area (Å²) in [5.41, 5.74) is 3.11. The lowest BCUT2D eigenvalue weighted by molar-refractivity contribution is 0.111. The summed E-state index contributed by atoms with van der Waals surface area (Å²) in [7, 11) is -1.32. The number of hydrogen-bond donors (Lipinski definition) is 0. The molecule has 0 spiro atoms. The van der Waals surface area contributed by atoms with Crippen molar-refractivity contribution in [3.05, 3.63) is 193 Å². The van der Waals surface area contributed by atoms with E-state index in [1.165, 1.54) is 32.3 Å². The molecule has 0 N–H and O–H groups in total. The third-order valence-electron chi connectivity index (χ3n) is 8.54. The van der Waals surface area contributed by atoms with E-state index in [1.807, 2.05) is 0 Å². The van der Waals surface area contributed by atoms with Crippen molar-refractivity contribution in [2.24, 2.45) is 0 Å². The monoisotopic (exact) mass is 666 g/mol. The Morgan fingerprint density at radius 1 is 0.333 bits per heavy atom. The summed E-state index contributed by atoms with van der Waals surface area (Å²) >= 11 is 0. The fourth-order valence-electron chi connectivity index (χ4n) is 6.23. The van der Waals surface area contributed by atoms with Crippen LogP contribution in [0.1, 0.15) is 24.0 Å². The molecule has 48 heavy (non-hydrogen) atoms. The molecule has 6 rings (SSSR count). The van der Waals surface area contributed by atoms with Gasteiger partial charge in [0.1, 0.15) is 0 Å². The van der Waals surface area contributed by atoms with Gasteiger partial charge in [0, 0.05) is 11.3 Å². The summed E-state index contributed by atoms with van der Waals surface area (Å²) in [5.74, 6) is 0. The molecule has 0 bridgehead atoms. The van der Waals surface area contributed by atoms with Gasteiger partial charge in [-0.15, -0.1) is 0 Å². The van der Waals surface area contributed by atoms with E-state index < -0.39 is 15.8 Å². The van der Waals surface area contributed by atoms with Gasteiger partial charge in [0.05, 0.1) is 26.4 Å². The molecule has 0 aliphatic rings. The van der Waals surface area contributed by atoms with Crippen LogP contribution >= 0.6 is 15.8 Å². The number of rotatable bonds is 17. The summed E-state index contributed by atoms with van der Waals surface area (Å²) in [4.78, 5) is 0. The van der Waals surface area contributed by atoms with Gasteiger partial charge in [-0.25, -0.2) is 0 Å². The first-order chi connectivity index (χ1) is 23.8. The molecule has 0 saturated heterocycles. The van der Waals surface area contributed by atoms with Crippen molar-refractivity contribution in [3.8, 4) is 0 Å². The van der Waals surface area contributed by atoms with Gasteiger partial charge in [0.15, 0.2) is 0 Å². The summed E-state index contributed by atoms with van der Waals surface area (Å²) < 4.78 is 13.2. The smallest absolute Gasteiger partial charge is 0.0717 e. The van der Waals surface area contributed by atoms with Gasteiger partial charge in [-0.05, 0) is 61.0 Å². The minimum Gasteiger partial charge on any atom is -0.376 e. The van der Waals surface area contributed by atoms with Crippen LogP contribution in [-0.2, 0) is 22.7 Å². The third-order valence-corrected chi connectivity index (χ3v) is 14.2. The normalized spacial score (nSPS) is 12.6. The standard InChI is InChI=1S/C44H44O2P2/c1-7-19-37(20-8-1)33-45-35-43(47(39-23-11-3-12-24-39)40-25-13-4-14-26-40)31-32-44(36-46-34-38-21-9-2-10-22-38)48(41-27-15-5-16-28-41)42-29-17-6-18-30-42/h1-30,43-44H,31-36H2/t43-,44-/m1/s1. The van der Waals surface area contributed by atoms with E-state index in [2.05, 4.69) is 182 Å². The Labute approximate surface area is 289 Å². The van der Waals surface area contributed by atoms with Gasteiger partial charge in [-0.1, -0.05) is 182 Å². The minimum absolute atomic E-state index is 0.341. The van der Waals surface area contributed by atoms with Crippen LogP contribution in [0.3, 0.4) is 0 Å². The third kappa shape index (κ3) is 9.82. The van der Waals surface area contributed by atoms with Crippen molar-refractivity contribution in [1.82, 2.24) is 0 Å². The van der Waals surface area contributed by atoms with E-state index in [0.29, 0.717) is 37.7 Å². The molecule has 0 saturated carbocycles. The predicted molar refractivity (Wildman–Crippen MR) is 207 cm³/mol. The topological polar surface area (TPSA) is 18.5 Å². The average molecular weight is 667 g/mol. The van der Waals surface area contributed by atoms with E-state index in [1.54, 1.807) is 0 Å². The predicted octanol–water partition coefficient (Wildman–Crippen LogP) is 9.20. The first-order valence-corrected chi connectivity index (χ1v) is 19.7. The van der Waals surface area contributed by atoms with Crippen molar-refractivity contribution in [2.75, 3.05) is 13.2 Å². The molecule has 0 aromatic heterocycles. The highest BCUT2D eigenvalue weighted by Gasteiger charge is 2.30. The molecule has 6 aromatic carbocycles. The highest BCUT2D eigenvalue weighted by Crippen LogP contribution is 2.46. The summed E-state index contributed by atoms with van der Waals surface area (Å²) in [5, 5.41) is 5.60. The molecule has 0 unspecified atom stereocenters. The first-order valence-electron chi connectivity index (χ1n) is 16.9. The Hall–Kier alpha value is -3.90. The van der Waals surface area contributed by atoms with Crippen molar-refractivity contribution >= 4 is 37.1 Å². The van der Waals surface area contributed by atoms with E-state index in [4.69, 9.17) is 9.47 Å². The highest BCUT2D eigenvalue weighted by atomic mass is 31.1. The van der Waals surface area contributed by atoms with Crippen LogP contribution in [0, 0.1) is 0 Å². The molecule has 242 valence electrons. The minimum atomic E-state index is -0.661. The molecule has 0 aliphatic carbocycles. The Balaban J connectivity index is 1.32. The van der Waals surface area contributed by atoms with Gasteiger partial charge in [0.2, 0.25) is 0 Å².